The molecule has 0 amide bonds. The van der Waals surface area contributed by atoms with Crippen molar-refractivity contribution in [1.82, 2.24) is 0 Å². The molecule has 4 N–H and O–H groups in total. The van der Waals surface area contributed by atoms with Crippen molar-refractivity contribution in [3.63, 3.8) is 0 Å². The lowest BCUT2D eigenvalue weighted by Crippen LogP contribution is -3.00. The zero-order chi connectivity index (χ0) is 10.1. The third-order valence-electron chi connectivity index (χ3n) is 1.96. The molecule has 82 valence electrons. The largest absolute Gasteiger partial charge is 1.00 e. The minimum Gasteiger partial charge on any atom is -1.00 e. The van der Waals surface area contributed by atoms with Crippen LogP contribution in [0.2, 0.25) is 0 Å². The average Bonchev–Trinajstić information content (AvgIpc) is 2.39. The first kappa shape index (κ1) is 13.6. The van der Waals surface area contributed by atoms with Crippen LogP contribution in [0.3, 0.4) is 0 Å². The highest BCUT2D eigenvalue weighted by Gasteiger charge is 2.45. The van der Waals surface area contributed by atoms with Crippen LogP contribution in [-0.4, -0.2) is 35.8 Å². The van der Waals surface area contributed by atoms with Gasteiger partial charge in [0.2, 0.25) is 6.04 Å². The molecule has 0 saturated carbocycles. The van der Waals surface area contributed by atoms with Crippen LogP contribution >= 0.6 is 0 Å². The predicted octanol–water partition coefficient (Wildman–Crippen LogP) is -4.36. The molecule has 0 aromatic carbocycles. The van der Waals surface area contributed by atoms with E-state index in [0.717, 1.165) is 0 Å². The Balaban J connectivity index is 0.00000169. The summed E-state index contributed by atoms with van der Waals surface area (Å²) < 4.78 is 10.8. The van der Waals surface area contributed by atoms with Crippen LogP contribution in [0.5, 0.6) is 0 Å². The molecular weight excluding hydrogens is 208 g/mol. The van der Waals surface area contributed by atoms with E-state index in [2.05, 4.69) is 5.73 Å². The summed E-state index contributed by atoms with van der Waals surface area (Å²) in [6.07, 6.45) is -0.887. The third kappa shape index (κ3) is 2.80. The first-order valence-corrected chi connectivity index (χ1v) is 4.19. The van der Waals surface area contributed by atoms with Crippen molar-refractivity contribution >= 4 is 0 Å². The van der Waals surface area contributed by atoms with Gasteiger partial charge < -0.3 is 32.7 Å². The molecule has 0 unspecified atom stereocenters. The predicted molar refractivity (Wildman–Crippen MR) is 43.2 cm³/mol. The summed E-state index contributed by atoms with van der Waals surface area (Å²) in [5.74, 6) is -0.731. The number of aliphatic hydroxyl groups excluding tert-OH is 1. The maximum Gasteiger partial charge on any atom is 0.200 e. The molecule has 1 fully saturated rings. The van der Waals surface area contributed by atoms with Gasteiger partial charge in [-0.25, -0.2) is 0 Å². The highest BCUT2D eigenvalue weighted by atomic mass is 35.5. The fourth-order valence-corrected chi connectivity index (χ4v) is 1.42. The molecule has 1 heterocycles. The van der Waals surface area contributed by atoms with Gasteiger partial charge in [0.15, 0.2) is 11.9 Å². The second-order valence-electron chi connectivity index (χ2n) is 3.56. The molecule has 0 aliphatic carbocycles. The standard InChI is InChI=1S/C8H14N2O3.ClH/c1-8(2)12-6(4-11)7(13-8)5(10)3-9;/h5-7,11H,4,10H2,1-2H3;1H/t5-,6+,7+;/m1./s1. The van der Waals surface area contributed by atoms with Gasteiger partial charge in [-0.1, -0.05) is 0 Å². The maximum absolute atomic E-state index is 8.97. The quantitative estimate of drug-likeness (QED) is 0.494. The van der Waals surface area contributed by atoms with Crippen LogP contribution in [0, 0.1) is 11.3 Å². The minimum absolute atomic E-state index is 0. The van der Waals surface area contributed by atoms with Gasteiger partial charge in [-0.05, 0) is 13.8 Å². The molecule has 1 aliphatic rings. The second-order valence-corrected chi connectivity index (χ2v) is 3.56. The van der Waals surface area contributed by atoms with Crippen LogP contribution in [0.4, 0.5) is 0 Å². The summed E-state index contributed by atoms with van der Waals surface area (Å²) in [4.78, 5) is 0. The van der Waals surface area contributed by atoms with E-state index < -0.39 is 24.0 Å². The summed E-state index contributed by atoms with van der Waals surface area (Å²) in [5.41, 5.74) is 3.63. The molecular formula is C8H15ClN2O3. The maximum atomic E-state index is 8.97. The zero-order valence-corrected chi connectivity index (χ0v) is 8.99. The Kier molecular flexibility index (Phi) is 4.78. The third-order valence-corrected chi connectivity index (χ3v) is 1.96. The van der Waals surface area contributed by atoms with E-state index in [1.54, 1.807) is 13.8 Å². The highest BCUT2D eigenvalue weighted by molar-refractivity contribution is 4.95. The van der Waals surface area contributed by atoms with E-state index in [0.29, 0.717) is 0 Å². The second kappa shape index (κ2) is 4.91. The molecule has 1 aliphatic heterocycles. The lowest BCUT2D eigenvalue weighted by atomic mass is 10.1. The average molecular weight is 223 g/mol. The van der Waals surface area contributed by atoms with Gasteiger partial charge in [0.25, 0.3) is 0 Å². The molecule has 0 radical (unpaired) electrons. The molecule has 0 aromatic heterocycles. The molecule has 0 aromatic rings. The monoisotopic (exact) mass is 222 g/mol. The summed E-state index contributed by atoms with van der Waals surface area (Å²) in [7, 11) is 0. The summed E-state index contributed by atoms with van der Waals surface area (Å²) >= 11 is 0. The molecule has 1 rings (SSSR count). The Morgan fingerprint density at radius 2 is 2.14 bits per heavy atom. The van der Waals surface area contributed by atoms with Gasteiger partial charge in [0, 0.05) is 0 Å². The number of halogens is 1. The number of hydrogen-bond donors (Lipinski definition) is 2. The van der Waals surface area contributed by atoms with Crippen molar-refractivity contribution in [3.8, 4) is 6.07 Å². The van der Waals surface area contributed by atoms with Crippen molar-refractivity contribution in [1.29, 1.82) is 5.26 Å². The smallest absolute Gasteiger partial charge is 0.200 e. The number of aliphatic hydroxyl groups is 1. The first-order valence-electron chi connectivity index (χ1n) is 4.19. The van der Waals surface area contributed by atoms with Gasteiger partial charge in [-0.2, -0.15) is 5.26 Å². The Bertz CT molecular complexity index is 229. The molecule has 3 atom stereocenters. The SMILES string of the molecule is CC1(C)O[C@@H]([C@H]([NH3+])C#N)[C@H](CO)O1.[Cl-]. The van der Waals surface area contributed by atoms with Crippen molar-refractivity contribution in [2.45, 2.75) is 37.9 Å². The fourth-order valence-electron chi connectivity index (χ4n) is 1.42. The molecule has 0 spiro atoms. The number of nitriles is 1. The Morgan fingerprint density at radius 3 is 2.57 bits per heavy atom. The number of ether oxygens (including phenoxy) is 2. The van der Waals surface area contributed by atoms with E-state index in [4.69, 9.17) is 19.8 Å². The number of quaternary nitrogens is 1. The summed E-state index contributed by atoms with van der Waals surface area (Å²) in [6, 6.07) is 1.47. The van der Waals surface area contributed by atoms with Crippen molar-refractivity contribution < 1.29 is 32.7 Å². The van der Waals surface area contributed by atoms with Crippen LogP contribution in [-0.2, 0) is 9.47 Å². The van der Waals surface area contributed by atoms with Crippen LogP contribution in [0.15, 0.2) is 0 Å². The van der Waals surface area contributed by atoms with Gasteiger partial charge >= 0.3 is 0 Å². The van der Waals surface area contributed by atoms with Gasteiger partial charge in [-0.3, -0.25) is 0 Å². The fraction of sp³-hybridized carbons (Fsp3) is 0.875. The van der Waals surface area contributed by atoms with E-state index in [1.807, 2.05) is 6.07 Å². The Labute approximate surface area is 89.2 Å². The van der Waals surface area contributed by atoms with Crippen LogP contribution in [0.25, 0.3) is 0 Å². The van der Waals surface area contributed by atoms with Crippen LogP contribution in [0.1, 0.15) is 13.8 Å². The van der Waals surface area contributed by atoms with E-state index >= 15 is 0 Å². The first-order chi connectivity index (χ1) is 6.00. The Hall–Kier alpha value is -0.380. The molecule has 0 bridgehead atoms. The van der Waals surface area contributed by atoms with E-state index in [-0.39, 0.29) is 19.0 Å². The molecule has 5 nitrogen and oxygen atoms in total. The lowest BCUT2D eigenvalue weighted by molar-refractivity contribution is -0.420. The van der Waals surface area contributed by atoms with Crippen molar-refractivity contribution in [2.24, 2.45) is 0 Å². The van der Waals surface area contributed by atoms with Crippen LogP contribution < -0.4 is 18.1 Å². The van der Waals surface area contributed by atoms with Gasteiger partial charge in [0.1, 0.15) is 12.2 Å². The normalized spacial score (nSPS) is 31.6. The number of hydrogen-bond acceptors (Lipinski definition) is 4. The highest BCUT2D eigenvalue weighted by Crippen LogP contribution is 2.28. The minimum atomic E-state index is -0.731. The van der Waals surface area contributed by atoms with Gasteiger partial charge in [0.05, 0.1) is 6.61 Å². The number of rotatable bonds is 2. The Morgan fingerprint density at radius 1 is 1.57 bits per heavy atom. The van der Waals surface area contributed by atoms with Crippen molar-refractivity contribution in [3.05, 3.63) is 0 Å². The number of nitrogens with zero attached hydrogens (tertiary/aromatic N) is 1. The zero-order valence-electron chi connectivity index (χ0n) is 8.24. The molecule has 14 heavy (non-hydrogen) atoms. The molecule has 6 heteroatoms. The molecule has 1 saturated heterocycles. The van der Waals surface area contributed by atoms with E-state index in [9.17, 15) is 0 Å². The summed E-state index contributed by atoms with van der Waals surface area (Å²) in [5, 5.41) is 17.6. The van der Waals surface area contributed by atoms with Gasteiger partial charge in [-0.15, -0.1) is 0 Å². The van der Waals surface area contributed by atoms with E-state index in [1.165, 1.54) is 0 Å². The van der Waals surface area contributed by atoms with Crippen molar-refractivity contribution in [2.75, 3.05) is 6.61 Å². The summed E-state index contributed by atoms with van der Waals surface area (Å²) in [6.45, 7) is 3.35. The lowest BCUT2D eigenvalue weighted by Gasteiger charge is -2.16. The topological polar surface area (TPSA) is 90.1 Å².